The molecular weight excluding hydrogens is 336 g/mol. The predicted molar refractivity (Wildman–Crippen MR) is 108 cm³/mol. The van der Waals surface area contributed by atoms with Crippen LogP contribution < -0.4 is 0 Å². The van der Waals surface area contributed by atoms with Crippen molar-refractivity contribution in [3.8, 4) is 23.8 Å². The average molecular weight is 369 g/mol. The van der Waals surface area contributed by atoms with Gasteiger partial charge in [0.05, 0.1) is 0 Å². The van der Waals surface area contributed by atoms with Crippen molar-refractivity contribution in [2.75, 3.05) is 0 Å². The summed E-state index contributed by atoms with van der Waals surface area (Å²) in [5.41, 5.74) is 1.28. The first kappa shape index (κ1) is 19.8. The fourth-order valence-corrected chi connectivity index (χ4v) is 5.32. The minimum Gasteiger partial charge on any atom is -0.508 e. The van der Waals surface area contributed by atoms with E-state index in [0.29, 0.717) is 17.9 Å². The minimum absolute atomic E-state index is 0.0478. The number of hydrogen-bond acceptors (Lipinski definition) is 3. The third kappa shape index (κ3) is 3.35. The maximum atomic E-state index is 12.5. The molecule has 0 heterocycles. The molecule has 0 spiro atoms. The van der Waals surface area contributed by atoms with Gasteiger partial charge in [0.15, 0.2) is 0 Å². The second-order valence-electron chi connectivity index (χ2n) is 9.72. The molecule has 0 aromatic heterocycles. The standard InChI is InChI=1S/C24H32O3/c1-6-7-8-9-10-23(2,3)15-11-20(26)22(21(27)12-15)16-13-19(25)18-14-17(16)24(18,4)5/h1,11-12,16-18,26-27H,7-10,13-14H2,2-5H3/t16-,17+,18-/m0/s1. The molecule has 2 N–H and O–H groups in total. The van der Waals surface area contributed by atoms with Gasteiger partial charge in [-0.2, -0.15) is 0 Å². The molecule has 3 fully saturated rings. The number of hydrogen-bond donors (Lipinski definition) is 2. The van der Waals surface area contributed by atoms with Gasteiger partial charge in [-0.05, 0) is 53.7 Å². The summed E-state index contributed by atoms with van der Waals surface area (Å²) >= 11 is 0. The number of Topliss-reactive ketones (excluding diaryl/α,β-unsaturated/α-hetero) is 1. The van der Waals surface area contributed by atoms with Crippen LogP contribution in [0.2, 0.25) is 0 Å². The number of carbonyl (C=O) groups excluding carboxylic acids is 1. The maximum Gasteiger partial charge on any atom is 0.137 e. The summed E-state index contributed by atoms with van der Waals surface area (Å²) in [6.07, 6.45) is 10.3. The lowest BCUT2D eigenvalue weighted by atomic mass is 9.44. The van der Waals surface area contributed by atoms with Crippen LogP contribution in [0.5, 0.6) is 11.5 Å². The van der Waals surface area contributed by atoms with E-state index < -0.39 is 0 Å². The molecule has 146 valence electrons. The van der Waals surface area contributed by atoms with Crippen molar-refractivity contribution in [1.29, 1.82) is 0 Å². The summed E-state index contributed by atoms with van der Waals surface area (Å²) in [6.45, 7) is 8.52. The van der Waals surface area contributed by atoms with Crippen molar-refractivity contribution in [2.45, 2.75) is 77.6 Å². The summed E-state index contributed by atoms with van der Waals surface area (Å²) in [4.78, 5) is 12.5. The number of carbonyl (C=O) groups is 1. The highest BCUT2D eigenvalue weighted by atomic mass is 16.3. The molecule has 3 heteroatoms. The third-order valence-corrected chi connectivity index (χ3v) is 7.30. The Bertz CT molecular complexity index is 758. The van der Waals surface area contributed by atoms with Gasteiger partial charge in [0.2, 0.25) is 0 Å². The van der Waals surface area contributed by atoms with Gasteiger partial charge in [0.1, 0.15) is 17.3 Å². The third-order valence-electron chi connectivity index (χ3n) is 7.30. The van der Waals surface area contributed by atoms with Crippen molar-refractivity contribution in [2.24, 2.45) is 17.3 Å². The van der Waals surface area contributed by atoms with E-state index in [1.165, 1.54) is 0 Å². The molecule has 1 aromatic carbocycles. The Morgan fingerprint density at radius 2 is 1.85 bits per heavy atom. The number of fused-ring (bicyclic) bond motifs is 2. The molecule has 3 aliphatic rings. The van der Waals surface area contributed by atoms with Crippen molar-refractivity contribution < 1.29 is 15.0 Å². The Morgan fingerprint density at radius 1 is 1.22 bits per heavy atom. The molecule has 0 radical (unpaired) electrons. The van der Waals surface area contributed by atoms with E-state index in [1.54, 1.807) is 12.1 Å². The van der Waals surface area contributed by atoms with Gasteiger partial charge in [-0.1, -0.05) is 34.1 Å². The second-order valence-corrected chi connectivity index (χ2v) is 9.72. The monoisotopic (exact) mass is 368 g/mol. The zero-order chi connectivity index (χ0) is 20.0. The van der Waals surface area contributed by atoms with Crippen molar-refractivity contribution >= 4 is 5.78 Å². The number of benzene rings is 1. The lowest BCUT2D eigenvalue weighted by Crippen LogP contribution is -2.56. The number of aromatic hydroxyl groups is 2. The Kier molecular flexibility index (Phi) is 5.06. The van der Waals surface area contributed by atoms with E-state index in [1.807, 2.05) is 0 Å². The van der Waals surface area contributed by atoms with Gasteiger partial charge in [0.25, 0.3) is 0 Å². The van der Waals surface area contributed by atoms with Crippen LogP contribution in [-0.2, 0) is 10.2 Å². The highest BCUT2D eigenvalue weighted by Crippen LogP contribution is 2.64. The SMILES string of the molecule is C#CCCCCC(C)(C)c1cc(O)c([C@H]2CC(=O)[C@@H]3C[C@H]2C3(C)C)c(O)c1. The van der Waals surface area contributed by atoms with Gasteiger partial charge in [-0.25, -0.2) is 0 Å². The van der Waals surface area contributed by atoms with Crippen LogP contribution in [-0.4, -0.2) is 16.0 Å². The van der Waals surface area contributed by atoms with E-state index in [0.717, 1.165) is 37.7 Å². The minimum atomic E-state index is -0.161. The number of phenolic OH excluding ortho intramolecular Hbond substituents is 2. The Morgan fingerprint density at radius 3 is 2.37 bits per heavy atom. The lowest BCUT2D eigenvalue weighted by molar-refractivity contribution is -0.151. The van der Waals surface area contributed by atoms with Gasteiger partial charge in [-0.3, -0.25) is 4.79 Å². The van der Waals surface area contributed by atoms with Crippen molar-refractivity contribution in [3.05, 3.63) is 23.3 Å². The number of ketones is 1. The van der Waals surface area contributed by atoms with Crippen molar-refractivity contribution in [1.82, 2.24) is 0 Å². The van der Waals surface area contributed by atoms with Crippen molar-refractivity contribution in [3.63, 3.8) is 0 Å². The van der Waals surface area contributed by atoms with Crippen LogP contribution in [0.25, 0.3) is 0 Å². The van der Waals surface area contributed by atoms with Crippen LogP contribution in [0.4, 0.5) is 0 Å². The smallest absolute Gasteiger partial charge is 0.137 e. The largest absolute Gasteiger partial charge is 0.508 e. The van der Waals surface area contributed by atoms with Crippen LogP contribution in [0.1, 0.15) is 83.3 Å². The molecule has 27 heavy (non-hydrogen) atoms. The van der Waals surface area contributed by atoms with Crippen LogP contribution in [0, 0.1) is 29.6 Å². The molecule has 1 aromatic rings. The molecule has 0 aliphatic heterocycles. The summed E-state index contributed by atoms with van der Waals surface area (Å²) in [6, 6.07) is 3.58. The maximum absolute atomic E-state index is 12.5. The van der Waals surface area contributed by atoms with Crippen LogP contribution in [0.15, 0.2) is 12.1 Å². The summed E-state index contributed by atoms with van der Waals surface area (Å²) in [5, 5.41) is 21.6. The zero-order valence-electron chi connectivity index (χ0n) is 17.0. The molecule has 3 saturated carbocycles. The zero-order valence-corrected chi connectivity index (χ0v) is 17.0. The van der Waals surface area contributed by atoms with Gasteiger partial charge in [-0.15, -0.1) is 12.3 Å². The molecule has 3 atom stereocenters. The number of rotatable bonds is 6. The molecule has 3 nitrogen and oxygen atoms in total. The predicted octanol–water partition coefficient (Wildman–Crippen LogP) is 5.29. The summed E-state index contributed by atoms with van der Waals surface area (Å²) < 4.78 is 0. The molecular formula is C24H32O3. The van der Waals surface area contributed by atoms with E-state index in [-0.39, 0.29) is 39.9 Å². The number of phenols is 2. The molecule has 0 amide bonds. The first-order valence-corrected chi connectivity index (χ1v) is 10.1. The topological polar surface area (TPSA) is 57.5 Å². The Balaban J connectivity index is 1.86. The fourth-order valence-electron chi connectivity index (χ4n) is 5.32. The van der Waals surface area contributed by atoms with E-state index in [4.69, 9.17) is 6.42 Å². The quantitative estimate of drug-likeness (QED) is 0.530. The van der Waals surface area contributed by atoms with E-state index in [9.17, 15) is 15.0 Å². The Hall–Kier alpha value is -1.95. The average Bonchev–Trinajstić information content (AvgIpc) is 2.57. The number of unbranched alkanes of at least 4 members (excludes halogenated alkanes) is 2. The van der Waals surface area contributed by atoms with E-state index in [2.05, 4.69) is 33.6 Å². The fraction of sp³-hybridized carbons (Fsp3) is 0.625. The van der Waals surface area contributed by atoms with Gasteiger partial charge >= 0.3 is 0 Å². The molecule has 0 unspecified atom stereocenters. The second kappa shape index (κ2) is 6.89. The highest BCUT2D eigenvalue weighted by Gasteiger charge is 2.59. The summed E-state index contributed by atoms with van der Waals surface area (Å²) in [7, 11) is 0. The van der Waals surface area contributed by atoms with Crippen LogP contribution in [0.3, 0.4) is 0 Å². The normalized spacial score (nSPS) is 26.3. The molecule has 2 bridgehead atoms. The van der Waals surface area contributed by atoms with E-state index >= 15 is 0 Å². The lowest BCUT2D eigenvalue weighted by Gasteiger charge is -2.59. The van der Waals surface area contributed by atoms with Gasteiger partial charge in [0, 0.05) is 30.2 Å². The Labute approximate surface area is 163 Å². The summed E-state index contributed by atoms with van der Waals surface area (Å²) in [5.74, 6) is 3.57. The molecule has 0 saturated heterocycles. The van der Waals surface area contributed by atoms with Crippen LogP contribution >= 0.6 is 0 Å². The molecule has 3 aliphatic carbocycles. The highest BCUT2D eigenvalue weighted by molar-refractivity contribution is 5.86. The first-order chi connectivity index (χ1) is 12.6. The number of terminal acetylenes is 1. The first-order valence-electron chi connectivity index (χ1n) is 10.1. The molecule has 4 rings (SSSR count). The van der Waals surface area contributed by atoms with Gasteiger partial charge < -0.3 is 10.2 Å².